The monoisotopic (exact) mass is 439 g/mol. The summed E-state index contributed by atoms with van der Waals surface area (Å²) in [4.78, 5) is 22.5. The summed E-state index contributed by atoms with van der Waals surface area (Å²) in [6.07, 6.45) is 3.40. The van der Waals surface area contributed by atoms with Gasteiger partial charge in [-0.1, -0.05) is 60.7 Å². The zero-order valence-electron chi connectivity index (χ0n) is 19.3. The minimum atomic E-state index is -0.509. The third-order valence-corrected chi connectivity index (χ3v) is 6.07. The number of amides is 1. The van der Waals surface area contributed by atoms with Crippen molar-refractivity contribution in [3.8, 4) is 22.4 Å². The normalized spacial score (nSPS) is 16.3. The highest BCUT2D eigenvalue weighted by atomic mass is 16.6. The van der Waals surface area contributed by atoms with Gasteiger partial charge in [0.1, 0.15) is 11.4 Å². The van der Waals surface area contributed by atoms with Crippen LogP contribution in [-0.4, -0.2) is 33.1 Å². The van der Waals surface area contributed by atoms with Gasteiger partial charge in [-0.3, -0.25) is 4.90 Å². The fraction of sp³-hybridized carbons (Fsp3) is 0.286. The van der Waals surface area contributed by atoms with Crippen LogP contribution in [0.15, 0.2) is 72.9 Å². The van der Waals surface area contributed by atoms with Gasteiger partial charge in [-0.2, -0.15) is 0 Å². The van der Waals surface area contributed by atoms with Crippen molar-refractivity contribution >= 4 is 16.9 Å². The molecule has 5 nitrogen and oxygen atoms in total. The molecule has 2 heterocycles. The van der Waals surface area contributed by atoms with Crippen molar-refractivity contribution in [1.29, 1.82) is 0 Å². The number of likely N-dealkylation sites (tertiary alicyclic amines) is 1. The smallest absolute Gasteiger partial charge is 0.410 e. The number of benzene rings is 3. The Morgan fingerprint density at radius 1 is 0.970 bits per heavy atom. The van der Waals surface area contributed by atoms with E-state index < -0.39 is 5.60 Å². The summed E-state index contributed by atoms with van der Waals surface area (Å²) in [5.41, 5.74) is 3.89. The zero-order chi connectivity index (χ0) is 23.0. The quantitative estimate of drug-likeness (QED) is 0.375. The lowest BCUT2D eigenvalue weighted by Crippen LogP contribution is -2.36. The Labute approximate surface area is 194 Å². The molecule has 4 aromatic rings. The molecule has 33 heavy (non-hydrogen) atoms. The Bertz CT molecular complexity index is 1280. The highest BCUT2D eigenvalue weighted by Crippen LogP contribution is 2.33. The maximum atomic E-state index is 12.6. The molecule has 168 valence electrons. The number of rotatable bonds is 3. The molecule has 0 bridgehead atoms. The molecule has 1 amide bonds. The number of nitrogens with zero attached hydrogens (tertiary/aromatic N) is 2. The van der Waals surface area contributed by atoms with E-state index >= 15 is 0 Å². The van der Waals surface area contributed by atoms with Crippen molar-refractivity contribution in [3.05, 3.63) is 78.8 Å². The van der Waals surface area contributed by atoms with Crippen LogP contribution in [0.3, 0.4) is 0 Å². The van der Waals surface area contributed by atoms with E-state index in [0.717, 1.165) is 29.9 Å². The highest BCUT2D eigenvalue weighted by Gasteiger charge is 2.34. The number of aromatic amines is 1. The molecule has 5 heteroatoms. The van der Waals surface area contributed by atoms with E-state index in [-0.39, 0.29) is 12.1 Å². The molecule has 1 aliphatic rings. The molecule has 3 aromatic carbocycles. The third-order valence-electron chi connectivity index (χ3n) is 6.07. The molecule has 1 fully saturated rings. The van der Waals surface area contributed by atoms with E-state index in [1.165, 1.54) is 21.9 Å². The first-order valence-corrected chi connectivity index (χ1v) is 11.5. The van der Waals surface area contributed by atoms with Crippen molar-refractivity contribution in [2.75, 3.05) is 6.54 Å². The third kappa shape index (κ3) is 4.49. The summed E-state index contributed by atoms with van der Waals surface area (Å²) in [5.74, 6) is 0.812. The second-order valence-corrected chi connectivity index (χ2v) is 9.65. The Hall–Kier alpha value is -3.60. The first kappa shape index (κ1) is 21.3. The second-order valence-electron chi connectivity index (χ2n) is 9.65. The van der Waals surface area contributed by atoms with Gasteiger partial charge < -0.3 is 9.72 Å². The predicted molar refractivity (Wildman–Crippen MR) is 132 cm³/mol. The number of hydrogen-bond acceptors (Lipinski definition) is 3. The van der Waals surface area contributed by atoms with E-state index in [0.29, 0.717) is 6.54 Å². The number of ether oxygens (including phenoxy) is 1. The predicted octanol–water partition coefficient (Wildman–Crippen LogP) is 6.97. The van der Waals surface area contributed by atoms with Gasteiger partial charge >= 0.3 is 6.09 Å². The van der Waals surface area contributed by atoms with E-state index in [2.05, 4.69) is 76.7 Å². The molecule has 1 aliphatic heterocycles. The summed E-state index contributed by atoms with van der Waals surface area (Å²) in [7, 11) is 0. The lowest BCUT2D eigenvalue weighted by molar-refractivity contribution is 0.0218. The van der Waals surface area contributed by atoms with Crippen molar-refractivity contribution in [1.82, 2.24) is 14.9 Å². The maximum Gasteiger partial charge on any atom is 0.410 e. The summed E-state index contributed by atoms with van der Waals surface area (Å²) < 4.78 is 5.59. The molecule has 1 atom stereocenters. The topological polar surface area (TPSA) is 58.2 Å². The van der Waals surface area contributed by atoms with Crippen LogP contribution < -0.4 is 0 Å². The van der Waals surface area contributed by atoms with Crippen molar-refractivity contribution in [2.24, 2.45) is 0 Å². The molecule has 1 aromatic heterocycles. The Morgan fingerprint density at radius 2 is 1.67 bits per heavy atom. The Kier molecular flexibility index (Phi) is 5.41. The zero-order valence-corrected chi connectivity index (χ0v) is 19.3. The van der Waals surface area contributed by atoms with Crippen LogP contribution in [0.2, 0.25) is 0 Å². The van der Waals surface area contributed by atoms with Crippen molar-refractivity contribution < 1.29 is 9.53 Å². The first-order valence-electron chi connectivity index (χ1n) is 11.5. The molecule has 0 radical (unpaired) electrons. The minimum Gasteiger partial charge on any atom is -0.444 e. The van der Waals surface area contributed by atoms with E-state index in [1.54, 1.807) is 4.90 Å². The van der Waals surface area contributed by atoms with E-state index in [4.69, 9.17) is 4.74 Å². The van der Waals surface area contributed by atoms with Gasteiger partial charge in [0.05, 0.1) is 17.9 Å². The summed E-state index contributed by atoms with van der Waals surface area (Å²) in [5, 5.41) is 2.48. The molecular formula is C28H29N3O2. The molecule has 0 aliphatic carbocycles. The van der Waals surface area contributed by atoms with Crippen molar-refractivity contribution in [3.63, 3.8) is 0 Å². The first-order chi connectivity index (χ1) is 15.9. The molecule has 1 unspecified atom stereocenters. The summed E-state index contributed by atoms with van der Waals surface area (Å²) in [6, 6.07) is 23.4. The average Bonchev–Trinajstić information content (AvgIpc) is 3.47. The lowest BCUT2D eigenvalue weighted by Gasteiger charge is -2.27. The molecule has 0 saturated carbocycles. The van der Waals surface area contributed by atoms with E-state index in [9.17, 15) is 4.79 Å². The Morgan fingerprint density at radius 3 is 2.42 bits per heavy atom. The number of aromatic nitrogens is 2. The van der Waals surface area contributed by atoms with Crippen LogP contribution in [0.1, 0.15) is 45.5 Å². The highest BCUT2D eigenvalue weighted by molar-refractivity contribution is 5.87. The standard InChI is InChI=1S/C28H29N3O2/c1-28(2,3)33-27(32)31-16-6-9-25(31)26-29-18-24(30-26)21-13-10-20(11-14-21)23-15-12-19-7-4-5-8-22(19)17-23/h4-5,7-8,10-15,17-18,25H,6,9,16H2,1-3H3,(H,29,30). The van der Waals surface area contributed by atoms with Gasteiger partial charge in [0, 0.05) is 6.54 Å². The number of H-pyrrole nitrogens is 1. The van der Waals surface area contributed by atoms with Crippen LogP contribution in [0, 0.1) is 0 Å². The largest absolute Gasteiger partial charge is 0.444 e. The maximum absolute atomic E-state index is 12.6. The fourth-order valence-electron chi connectivity index (χ4n) is 4.45. The molecule has 5 rings (SSSR count). The van der Waals surface area contributed by atoms with Gasteiger partial charge in [-0.25, -0.2) is 9.78 Å². The van der Waals surface area contributed by atoms with Gasteiger partial charge in [-0.05, 0) is 67.1 Å². The van der Waals surface area contributed by atoms with Crippen LogP contribution in [0.4, 0.5) is 4.79 Å². The van der Waals surface area contributed by atoms with Crippen LogP contribution >= 0.6 is 0 Å². The fourth-order valence-corrected chi connectivity index (χ4v) is 4.45. The number of nitrogens with one attached hydrogen (secondary N) is 1. The molecule has 0 spiro atoms. The second kappa shape index (κ2) is 8.39. The average molecular weight is 440 g/mol. The number of hydrogen-bond donors (Lipinski definition) is 1. The summed E-state index contributed by atoms with van der Waals surface area (Å²) in [6.45, 7) is 6.36. The summed E-state index contributed by atoms with van der Waals surface area (Å²) >= 11 is 0. The number of imidazole rings is 1. The van der Waals surface area contributed by atoms with Gasteiger partial charge in [0.2, 0.25) is 0 Å². The van der Waals surface area contributed by atoms with Crippen LogP contribution in [0.5, 0.6) is 0 Å². The van der Waals surface area contributed by atoms with Gasteiger partial charge in [0.25, 0.3) is 0 Å². The number of fused-ring (bicyclic) bond motifs is 1. The molecule has 1 saturated heterocycles. The van der Waals surface area contributed by atoms with Crippen LogP contribution in [0.25, 0.3) is 33.2 Å². The van der Waals surface area contributed by atoms with Gasteiger partial charge in [0.15, 0.2) is 0 Å². The SMILES string of the molecule is CC(C)(C)OC(=O)N1CCCC1c1ncc(-c2ccc(-c3ccc4ccccc4c3)cc2)[nH]1. The van der Waals surface area contributed by atoms with Crippen LogP contribution in [-0.2, 0) is 4.74 Å². The number of carbonyl (C=O) groups is 1. The lowest BCUT2D eigenvalue weighted by atomic mass is 10.00. The molecular weight excluding hydrogens is 410 g/mol. The molecule has 1 N–H and O–H groups in total. The number of carbonyl (C=O) groups excluding carboxylic acids is 1. The van der Waals surface area contributed by atoms with Crippen molar-refractivity contribution in [2.45, 2.75) is 45.3 Å². The Balaban J connectivity index is 1.35. The minimum absolute atomic E-state index is 0.0783. The van der Waals surface area contributed by atoms with Gasteiger partial charge in [-0.15, -0.1) is 0 Å². The van der Waals surface area contributed by atoms with E-state index in [1.807, 2.05) is 27.0 Å².